The zero-order valence-electron chi connectivity index (χ0n) is 5.55. The molecular weight excluding hydrogens is 116 g/mol. The quantitative estimate of drug-likeness (QED) is 0.462. The van der Waals surface area contributed by atoms with Gasteiger partial charge in [0, 0.05) is 18.7 Å². The van der Waals surface area contributed by atoms with Crippen molar-refractivity contribution in [2.24, 2.45) is 11.5 Å². The molecule has 1 rings (SSSR count). The van der Waals surface area contributed by atoms with E-state index in [1.165, 1.54) is 0 Å². The molecule has 0 aliphatic carbocycles. The summed E-state index contributed by atoms with van der Waals surface area (Å²) >= 11 is 0. The lowest BCUT2D eigenvalue weighted by Crippen LogP contribution is -2.43. The van der Waals surface area contributed by atoms with Crippen LogP contribution in [-0.2, 0) is 4.74 Å². The van der Waals surface area contributed by atoms with Gasteiger partial charge in [0.15, 0.2) is 0 Å². The normalized spacial score (nSPS) is 38.0. The number of rotatable bonds is 0. The Morgan fingerprint density at radius 2 is 2.00 bits per heavy atom. The van der Waals surface area contributed by atoms with E-state index in [1.54, 1.807) is 0 Å². The SMILES string of the molecule is NC1CCCOCC1N. The second-order valence-electron chi connectivity index (χ2n) is 2.54. The molecule has 4 N–H and O–H groups in total. The Balaban J connectivity index is 2.32. The van der Waals surface area contributed by atoms with Crippen LogP contribution in [0.5, 0.6) is 0 Å². The molecule has 1 heterocycles. The van der Waals surface area contributed by atoms with Gasteiger partial charge in [-0.1, -0.05) is 0 Å². The maximum atomic E-state index is 5.67. The fraction of sp³-hybridized carbons (Fsp3) is 1.00. The zero-order chi connectivity index (χ0) is 6.69. The molecule has 54 valence electrons. The van der Waals surface area contributed by atoms with Gasteiger partial charge in [-0.05, 0) is 12.8 Å². The number of hydrogen-bond acceptors (Lipinski definition) is 3. The highest BCUT2D eigenvalue weighted by atomic mass is 16.5. The largest absolute Gasteiger partial charge is 0.380 e. The van der Waals surface area contributed by atoms with Gasteiger partial charge in [0.05, 0.1) is 6.61 Å². The predicted molar refractivity (Wildman–Crippen MR) is 36.0 cm³/mol. The maximum Gasteiger partial charge on any atom is 0.0632 e. The van der Waals surface area contributed by atoms with E-state index in [0.29, 0.717) is 6.61 Å². The van der Waals surface area contributed by atoms with Gasteiger partial charge < -0.3 is 16.2 Å². The molecule has 0 amide bonds. The summed E-state index contributed by atoms with van der Waals surface area (Å²) in [5.74, 6) is 0. The van der Waals surface area contributed by atoms with Crippen LogP contribution in [0, 0.1) is 0 Å². The minimum atomic E-state index is 0.0486. The van der Waals surface area contributed by atoms with E-state index in [2.05, 4.69) is 0 Å². The third-order valence-electron chi connectivity index (χ3n) is 1.69. The average molecular weight is 130 g/mol. The van der Waals surface area contributed by atoms with Crippen molar-refractivity contribution in [3.05, 3.63) is 0 Å². The predicted octanol–water partition coefficient (Wildman–Crippen LogP) is -0.549. The van der Waals surface area contributed by atoms with Crippen molar-refractivity contribution in [2.45, 2.75) is 24.9 Å². The second-order valence-corrected chi connectivity index (χ2v) is 2.54. The van der Waals surface area contributed by atoms with E-state index >= 15 is 0 Å². The van der Waals surface area contributed by atoms with E-state index in [9.17, 15) is 0 Å². The minimum absolute atomic E-state index is 0.0486. The van der Waals surface area contributed by atoms with E-state index in [1.807, 2.05) is 0 Å². The van der Waals surface area contributed by atoms with Crippen LogP contribution in [0.25, 0.3) is 0 Å². The first-order valence-corrected chi connectivity index (χ1v) is 3.39. The molecule has 0 spiro atoms. The fourth-order valence-electron chi connectivity index (χ4n) is 0.978. The van der Waals surface area contributed by atoms with Gasteiger partial charge in [-0.2, -0.15) is 0 Å². The van der Waals surface area contributed by atoms with Crippen LogP contribution >= 0.6 is 0 Å². The first-order chi connectivity index (χ1) is 4.30. The lowest BCUT2D eigenvalue weighted by Gasteiger charge is -2.14. The van der Waals surface area contributed by atoms with Crippen molar-refractivity contribution in [2.75, 3.05) is 13.2 Å². The third-order valence-corrected chi connectivity index (χ3v) is 1.69. The molecule has 1 saturated heterocycles. The summed E-state index contributed by atoms with van der Waals surface area (Å²) in [6, 6.07) is 0.194. The van der Waals surface area contributed by atoms with Crippen LogP contribution in [0.2, 0.25) is 0 Å². The number of ether oxygens (including phenoxy) is 1. The van der Waals surface area contributed by atoms with Gasteiger partial charge in [0.1, 0.15) is 0 Å². The van der Waals surface area contributed by atoms with Gasteiger partial charge in [-0.15, -0.1) is 0 Å². The first-order valence-electron chi connectivity index (χ1n) is 3.39. The molecule has 0 aromatic carbocycles. The van der Waals surface area contributed by atoms with E-state index in [4.69, 9.17) is 16.2 Å². The third kappa shape index (κ3) is 1.93. The van der Waals surface area contributed by atoms with Crippen LogP contribution in [0.3, 0.4) is 0 Å². The summed E-state index contributed by atoms with van der Waals surface area (Å²) < 4.78 is 5.17. The van der Waals surface area contributed by atoms with Crippen LogP contribution in [0.15, 0.2) is 0 Å². The van der Waals surface area contributed by atoms with Gasteiger partial charge in [-0.3, -0.25) is 0 Å². The van der Waals surface area contributed by atoms with Crippen molar-refractivity contribution in [3.63, 3.8) is 0 Å². The Kier molecular flexibility index (Phi) is 2.45. The Hall–Kier alpha value is -0.120. The molecular formula is C6H14N2O. The summed E-state index contributed by atoms with van der Waals surface area (Å²) in [6.45, 7) is 1.45. The lowest BCUT2D eigenvalue weighted by atomic mass is 10.1. The molecule has 2 unspecified atom stereocenters. The van der Waals surface area contributed by atoms with Crippen molar-refractivity contribution in [3.8, 4) is 0 Å². The van der Waals surface area contributed by atoms with Gasteiger partial charge in [0.25, 0.3) is 0 Å². The standard InChI is InChI=1S/C6H14N2O/c7-5-2-1-3-9-4-6(5)8/h5-6H,1-4,7-8H2. The molecule has 0 aromatic rings. The van der Waals surface area contributed by atoms with Crippen LogP contribution in [-0.4, -0.2) is 25.3 Å². The fourth-order valence-corrected chi connectivity index (χ4v) is 0.978. The smallest absolute Gasteiger partial charge is 0.0632 e. The second kappa shape index (κ2) is 3.15. The van der Waals surface area contributed by atoms with Crippen molar-refractivity contribution in [1.29, 1.82) is 0 Å². The summed E-state index contributed by atoms with van der Waals surface area (Å²) in [6.07, 6.45) is 2.05. The van der Waals surface area contributed by atoms with Crippen molar-refractivity contribution >= 4 is 0 Å². The molecule has 0 bridgehead atoms. The van der Waals surface area contributed by atoms with E-state index in [-0.39, 0.29) is 12.1 Å². The summed E-state index contributed by atoms with van der Waals surface area (Å²) in [7, 11) is 0. The Morgan fingerprint density at radius 3 is 2.78 bits per heavy atom. The number of nitrogens with two attached hydrogens (primary N) is 2. The number of hydrogen-bond donors (Lipinski definition) is 2. The Morgan fingerprint density at radius 1 is 1.22 bits per heavy atom. The average Bonchev–Trinajstić information content (AvgIpc) is 1.99. The Labute approximate surface area is 55.4 Å². The molecule has 3 nitrogen and oxygen atoms in total. The maximum absolute atomic E-state index is 5.67. The first kappa shape index (κ1) is 6.99. The molecule has 1 fully saturated rings. The van der Waals surface area contributed by atoms with Crippen LogP contribution in [0.4, 0.5) is 0 Å². The van der Waals surface area contributed by atoms with E-state index in [0.717, 1.165) is 19.4 Å². The summed E-state index contributed by atoms with van der Waals surface area (Å²) in [5, 5.41) is 0. The van der Waals surface area contributed by atoms with Gasteiger partial charge >= 0.3 is 0 Å². The van der Waals surface area contributed by atoms with Gasteiger partial charge in [-0.25, -0.2) is 0 Å². The highest BCUT2D eigenvalue weighted by Crippen LogP contribution is 2.03. The highest BCUT2D eigenvalue weighted by Gasteiger charge is 2.15. The topological polar surface area (TPSA) is 61.3 Å². The highest BCUT2D eigenvalue weighted by molar-refractivity contribution is 4.77. The molecule has 9 heavy (non-hydrogen) atoms. The summed E-state index contributed by atoms with van der Waals surface area (Å²) in [5.41, 5.74) is 11.3. The lowest BCUT2D eigenvalue weighted by molar-refractivity contribution is 0.133. The molecule has 1 aliphatic rings. The molecule has 0 aromatic heterocycles. The van der Waals surface area contributed by atoms with Crippen molar-refractivity contribution < 1.29 is 4.74 Å². The molecule has 0 saturated carbocycles. The molecule has 1 aliphatic heterocycles. The Bertz CT molecular complexity index is 77.1. The van der Waals surface area contributed by atoms with Gasteiger partial charge in [0.2, 0.25) is 0 Å². The van der Waals surface area contributed by atoms with Crippen molar-refractivity contribution in [1.82, 2.24) is 0 Å². The molecule has 2 atom stereocenters. The monoisotopic (exact) mass is 130 g/mol. The summed E-state index contributed by atoms with van der Waals surface area (Å²) in [4.78, 5) is 0. The molecule has 0 radical (unpaired) electrons. The van der Waals surface area contributed by atoms with E-state index < -0.39 is 0 Å². The van der Waals surface area contributed by atoms with Crippen LogP contribution in [0.1, 0.15) is 12.8 Å². The zero-order valence-corrected chi connectivity index (χ0v) is 5.55. The minimum Gasteiger partial charge on any atom is -0.380 e. The molecule has 3 heteroatoms. The van der Waals surface area contributed by atoms with Crippen LogP contribution < -0.4 is 11.5 Å².